The van der Waals surface area contributed by atoms with Crippen molar-refractivity contribution in [3.05, 3.63) is 186 Å². The molecule has 0 fully saturated rings. The summed E-state index contributed by atoms with van der Waals surface area (Å²) < 4.78 is 6.59. The number of hydrogen-bond donors (Lipinski definition) is 0. The number of nitrogens with zero attached hydrogens (tertiary/aromatic N) is 3. The van der Waals surface area contributed by atoms with E-state index >= 15 is 0 Å². The molecule has 49 heavy (non-hydrogen) atoms. The number of hydrogen-bond acceptors (Lipinski definition) is 4. The normalized spacial score (nSPS) is 14.6. The van der Waals surface area contributed by atoms with Gasteiger partial charge in [-0.15, -0.1) is 47.5 Å². The predicted molar refractivity (Wildman–Crippen MR) is 195 cm³/mol. The number of anilines is 3. The van der Waals surface area contributed by atoms with Crippen molar-refractivity contribution in [1.82, 2.24) is 9.97 Å². The Balaban J connectivity index is 0.00000348. The van der Waals surface area contributed by atoms with E-state index < -0.39 is 13.5 Å². The summed E-state index contributed by atoms with van der Waals surface area (Å²) in [5.74, 6) is 1.51. The summed E-state index contributed by atoms with van der Waals surface area (Å²) in [7, 11) is -2.05. The number of fused-ring (bicyclic) bond motifs is 4. The second kappa shape index (κ2) is 12.1. The molecule has 0 radical (unpaired) electrons. The zero-order valence-corrected chi connectivity index (χ0v) is 30.3. The molecule has 5 aromatic carbocycles. The number of pyridine rings is 2. The van der Waals surface area contributed by atoms with Gasteiger partial charge in [-0.2, -0.15) is 6.07 Å². The van der Waals surface area contributed by atoms with Gasteiger partial charge in [-0.1, -0.05) is 92.0 Å². The van der Waals surface area contributed by atoms with Crippen LogP contribution in [0.25, 0.3) is 11.3 Å². The van der Waals surface area contributed by atoms with E-state index in [0.29, 0.717) is 0 Å². The zero-order valence-electron chi connectivity index (χ0n) is 27.0. The Morgan fingerprint density at radius 1 is 0.612 bits per heavy atom. The molecule has 0 aliphatic carbocycles. The quantitative estimate of drug-likeness (QED) is 0.131. The van der Waals surface area contributed by atoms with Crippen LogP contribution in [0.1, 0.15) is 22.4 Å². The first-order chi connectivity index (χ1) is 23.6. The third kappa shape index (κ3) is 4.75. The predicted octanol–water partition coefficient (Wildman–Crippen LogP) is 8.84. The summed E-state index contributed by atoms with van der Waals surface area (Å²) in [6, 6.07) is 56.4. The molecule has 2 aliphatic rings. The van der Waals surface area contributed by atoms with Crippen LogP contribution in [0.5, 0.6) is 11.5 Å². The number of rotatable bonds is 4. The molecular weight excluding hydrogens is 798 g/mol. The van der Waals surface area contributed by atoms with Gasteiger partial charge in [0.1, 0.15) is 13.8 Å². The van der Waals surface area contributed by atoms with Crippen molar-refractivity contribution in [1.29, 1.82) is 0 Å². The van der Waals surface area contributed by atoms with Crippen LogP contribution in [0, 0.1) is 12.1 Å². The van der Waals surface area contributed by atoms with Crippen LogP contribution in [-0.4, -0.2) is 18.0 Å². The van der Waals surface area contributed by atoms with Crippen LogP contribution in [0.2, 0.25) is 13.1 Å². The van der Waals surface area contributed by atoms with Gasteiger partial charge in [0.25, 0.3) is 0 Å². The largest absolute Gasteiger partial charge is 2.00 e. The minimum atomic E-state index is -2.05. The molecule has 6 heteroatoms. The first-order valence-corrected chi connectivity index (χ1v) is 19.3. The molecule has 0 saturated heterocycles. The van der Waals surface area contributed by atoms with Crippen molar-refractivity contribution in [2.45, 2.75) is 18.5 Å². The van der Waals surface area contributed by atoms with Gasteiger partial charge in [0.2, 0.25) is 0 Å². The smallest absolute Gasteiger partial charge is 0.513 e. The third-order valence-electron chi connectivity index (χ3n) is 9.86. The molecule has 0 N–H and O–H groups in total. The monoisotopic (exact) mass is 828 g/mol. The molecular formula is C43H31N3OPtSi. The molecule has 0 spiro atoms. The molecule has 238 valence electrons. The van der Waals surface area contributed by atoms with Crippen LogP contribution < -0.4 is 20.0 Å². The average Bonchev–Trinajstić information content (AvgIpc) is 3.15. The SMILES string of the molecule is C[Si]1(C)c2ccccc2C(c2[c-]c3c(cc2)Oc2ccccc2N3c2[c-]c(-c3ccccn3)ccc2)(c2ccccn2)c2ccccc21.[Pt+2]. The molecule has 4 heterocycles. The second-order valence-corrected chi connectivity index (χ2v) is 17.2. The summed E-state index contributed by atoms with van der Waals surface area (Å²) in [5.41, 5.74) is 8.24. The Labute approximate surface area is 302 Å². The van der Waals surface area contributed by atoms with Crippen LogP contribution in [0.3, 0.4) is 0 Å². The summed E-state index contributed by atoms with van der Waals surface area (Å²) in [4.78, 5) is 11.9. The van der Waals surface area contributed by atoms with Gasteiger partial charge in [-0.05, 0) is 68.9 Å². The molecule has 2 aliphatic heterocycles. The summed E-state index contributed by atoms with van der Waals surface area (Å²) in [5, 5.41) is 2.82. The van der Waals surface area contributed by atoms with E-state index in [1.807, 2.05) is 54.9 Å². The number of aromatic nitrogens is 2. The molecule has 0 amide bonds. The molecule has 4 nitrogen and oxygen atoms in total. The number of ether oxygens (including phenoxy) is 1. The van der Waals surface area contributed by atoms with Crippen LogP contribution in [0.15, 0.2) is 152 Å². The second-order valence-electron chi connectivity index (χ2n) is 12.8. The fraction of sp³-hybridized carbons (Fsp3) is 0.0698. The van der Waals surface area contributed by atoms with Crippen molar-refractivity contribution in [3.8, 4) is 22.8 Å². The molecule has 7 aromatic rings. The van der Waals surface area contributed by atoms with Gasteiger partial charge in [0.15, 0.2) is 0 Å². The third-order valence-corrected chi connectivity index (χ3v) is 13.4. The number of benzene rings is 5. The maximum Gasteiger partial charge on any atom is 2.00 e. The van der Waals surface area contributed by atoms with Gasteiger partial charge < -0.3 is 14.6 Å². The van der Waals surface area contributed by atoms with Crippen molar-refractivity contribution < 1.29 is 25.8 Å². The average molecular weight is 829 g/mol. The van der Waals surface area contributed by atoms with Gasteiger partial charge in [0, 0.05) is 18.1 Å². The molecule has 9 rings (SSSR count). The van der Waals surface area contributed by atoms with E-state index in [2.05, 4.69) is 132 Å². The van der Waals surface area contributed by atoms with E-state index in [-0.39, 0.29) is 21.1 Å². The van der Waals surface area contributed by atoms with Crippen molar-refractivity contribution >= 4 is 35.5 Å². The Kier molecular flexibility index (Phi) is 7.70. The maximum atomic E-state index is 6.59. The van der Waals surface area contributed by atoms with E-state index in [9.17, 15) is 0 Å². The first kappa shape index (κ1) is 31.2. The molecule has 0 atom stereocenters. The molecule has 0 saturated carbocycles. The Hall–Kier alpha value is -5.09. The van der Waals surface area contributed by atoms with Crippen molar-refractivity contribution in [2.24, 2.45) is 0 Å². The van der Waals surface area contributed by atoms with Gasteiger partial charge >= 0.3 is 21.1 Å². The van der Waals surface area contributed by atoms with E-state index in [0.717, 1.165) is 51.1 Å². The standard InChI is InChI=1S/C43H31N3OSi.Pt/c1-48(2)40-21-7-3-16-33(40)43(42-23-10-12-27-45-42,34-17-4-8-22-41(34)48)31-24-25-39-37(29-31)46(36-19-5-6-20-38(36)47-39)32-15-13-14-30(28-32)35-18-9-11-26-44-35;/h3-27H,1-2H3;/q-2;+2. The van der Waals surface area contributed by atoms with Crippen molar-refractivity contribution in [3.63, 3.8) is 0 Å². The first-order valence-electron chi connectivity index (χ1n) is 16.3. The topological polar surface area (TPSA) is 38.2 Å². The summed E-state index contributed by atoms with van der Waals surface area (Å²) in [6.45, 7) is 4.92. The zero-order chi connectivity index (χ0) is 32.3. The summed E-state index contributed by atoms with van der Waals surface area (Å²) >= 11 is 0. The molecule has 0 unspecified atom stereocenters. The van der Waals surface area contributed by atoms with Crippen LogP contribution >= 0.6 is 0 Å². The van der Waals surface area contributed by atoms with Crippen molar-refractivity contribution in [2.75, 3.05) is 4.90 Å². The van der Waals surface area contributed by atoms with Crippen LogP contribution in [-0.2, 0) is 26.5 Å². The minimum Gasteiger partial charge on any atom is -0.513 e. The molecule has 2 aromatic heterocycles. The molecule has 0 bridgehead atoms. The van der Waals surface area contributed by atoms with Gasteiger partial charge in [0.05, 0.1) is 16.8 Å². The van der Waals surface area contributed by atoms with E-state index in [1.54, 1.807) is 0 Å². The fourth-order valence-corrected chi connectivity index (χ4v) is 10.9. The van der Waals surface area contributed by atoms with E-state index in [4.69, 9.17) is 9.72 Å². The maximum absolute atomic E-state index is 6.59. The van der Waals surface area contributed by atoms with E-state index in [1.165, 1.54) is 21.5 Å². The number of para-hydroxylation sites is 2. The fourth-order valence-electron chi connectivity index (χ4n) is 7.70. The Morgan fingerprint density at radius 2 is 1.29 bits per heavy atom. The Bertz CT molecular complexity index is 2280. The van der Waals surface area contributed by atoms with Gasteiger partial charge in [-0.3, -0.25) is 4.98 Å². The van der Waals surface area contributed by atoms with Gasteiger partial charge in [-0.25, -0.2) is 0 Å². The summed E-state index contributed by atoms with van der Waals surface area (Å²) in [6.07, 6.45) is 3.72. The van der Waals surface area contributed by atoms with Crippen LogP contribution in [0.4, 0.5) is 17.1 Å². The minimum absolute atomic E-state index is 0. The Morgan fingerprint density at radius 3 is 2.00 bits per heavy atom.